The molecule has 2 rings (SSSR count). The Balaban J connectivity index is 2.43. The van der Waals surface area contributed by atoms with Crippen LogP contribution in [-0.2, 0) is 6.42 Å². The van der Waals surface area contributed by atoms with Crippen LogP contribution < -0.4 is 5.56 Å². The molecule has 1 N–H and O–H groups in total. The summed E-state index contributed by atoms with van der Waals surface area (Å²) < 4.78 is 0. The highest BCUT2D eigenvalue weighted by atomic mass is 32.1. The van der Waals surface area contributed by atoms with Crippen molar-refractivity contribution >= 4 is 21.6 Å². The largest absolute Gasteiger partial charge is 0.310 e. The number of nitrogens with zero attached hydrogens (tertiary/aromatic N) is 1. The summed E-state index contributed by atoms with van der Waals surface area (Å²) in [6.45, 7) is 2.13. The summed E-state index contributed by atoms with van der Waals surface area (Å²) in [5.41, 5.74) is -0.0117. The van der Waals surface area contributed by atoms with E-state index in [0.717, 1.165) is 29.9 Å². The van der Waals surface area contributed by atoms with Crippen LogP contribution in [-0.4, -0.2) is 9.97 Å². The van der Waals surface area contributed by atoms with Crippen LogP contribution in [0.1, 0.15) is 25.6 Å². The van der Waals surface area contributed by atoms with E-state index >= 15 is 0 Å². The van der Waals surface area contributed by atoms with Gasteiger partial charge < -0.3 is 4.98 Å². The molecular formula is C10H12N2OS. The van der Waals surface area contributed by atoms with Gasteiger partial charge >= 0.3 is 0 Å². The van der Waals surface area contributed by atoms with E-state index < -0.39 is 0 Å². The normalized spacial score (nSPS) is 10.9. The fourth-order valence-electron chi connectivity index (χ4n) is 1.37. The number of H-pyrrole nitrogens is 1. The SMILES string of the molecule is CCCCc1nc2sccc2c(=O)[nH]1. The van der Waals surface area contributed by atoms with Crippen molar-refractivity contribution in [3.63, 3.8) is 0 Å². The zero-order chi connectivity index (χ0) is 9.97. The van der Waals surface area contributed by atoms with Crippen LogP contribution >= 0.6 is 11.3 Å². The molecule has 0 aliphatic carbocycles. The van der Waals surface area contributed by atoms with E-state index in [9.17, 15) is 4.79 Å². The molecule has 0 bridgehead atoms. The minimum atomic E-state index is -0.0117. The van der Waals surface area contributed by atoms with Crippen LogP contribution in [0.15, 0.2) is 16.2 Å². The zero-order valence-corrected chi connectivity index (χ0v) is 8.86. The second-order valence-electron chi connectivity index (χ2n) is 3.26. The van der Waals surface area contributed by atoms with Crippen LogP contribution in [0.4, 0.5) is 0 Å². The number of aromatic amines is 1. The number of aryl methyl sites for hydroxylation is 1. The highest BCUT2D eigenvalue weighted by molar-refractivity contribution is 7.16. The van der Waals surface area contributed by atoms with Gasteiger partial charge in [0.25, 0.3) is 5.56 Å². The molecule has 0 aliphatic rings. The smallest absolute Gasteiger partial charge is 0.259 e. The van der Waals surface area contributed by atoms with Crippen molar-refractivity contribution in [2.24, 2.45) is 0 Å². The lowest BCUT2D eigenvalue weighted by Crippen LogP contribution is -2.10. The predicted molar refractivity (Wildman–Crippen MR) is 58.9 cm³/mol. The van der Waals surface area contributed by atoms with E-state index in [1.807, 2.05) is 11.4 Å². The van der Waals surface area contributed by atoms with Crippen molar-refractivity contribution in [1.82, 2.24) is 9.97 Å². The quantitative estimate of drug-likeness (QED) is 0.841. The summed E-state index contributed by atoms with van der Waals surface area (Å²) in [7, 11) is 0. The standard InChI is InChI=1S/C10H12N2OS/c1-2-3-4-8-11-9(13)7-5-6-14-10(7)12-8/h5-6H,2-4H2,1H3,(H,11,12,13). The van der Waals surface area contributed by atoms with Gasteiger partial charge in [0.15, 0.2) is 0 Å². The summed E-state index contributed by atoms with van der Waals surface area (Å²) in [6, 6.07) is 1.81. The van der Waals surface area contributed by atoms with Crippen molar-refractivity contribution in [2.75, 3.05) is 0 Å². The van der Waals surface area contributed by atoms with E-state index in [0.29, 0.717) is 5.39 Å². The van der Waals surface area contributed by atoms with Gasteiger partial charge in [-0.05, 0) is 17.9 Å². The van der Waals surface area contributed by atoms with Crippen LogP contribution in [0.25, 0.3) is 10.2 Å². The molecule has 0 aliphatic heterocycles. The molecule has 0 fully saturated rings. The Morgan fingerprint density at radius 1 is 1.57 bits per heavy atom. The number of hydrogen-bond acceptors (Lipinski definition) is 3. The molecule has 0 amide bonds. The number of fused-ring (bicyclic) bond motifs is 1. The summed E-state index contributed by atoms with van der Waals surface area (Å²) in [5.74, 6) is 0.812. The minimum absolute atomic E-state index is 0.0117. The molecule has 0 saturated heterocycles. The van der Waals surface area contributed by atoms with Crippen LogP contribution in [0.5, 0.6) is 0 Å². The van der Waals surface area contributed by atoms with Gasteiger partial charge in [0.05, 0.1) is 5.39 Å². The van der Waals surface area contributed by atoms with Gasteiger partial charge in [-0.2, -0.15) is 0 Å². The second kappa shape index (κ2) is 3.92. The predicted octanol–water partition coefficient (Wildman–Crippen LogP) is 2.33. The highest BCUT2D eigenvalue weighted by Crippen LogP contribution is 2.14. The molecule has 0 unspecified atom stereocenters. The molecule has 2 heterocycles. The van der Waals surface area contributed by atoms with Gasteiger partial charge in [-0.15, -0.1) is 11.3 Å². The molecule has 0 radical (unpaired) electrons. The highest BCUT2D eigenvalue weighted by Gasteiger charge is 2.03. The Morgan fingerprint density at radius 3 is 3.21 bits per heavy atom. The summed E-state index contributed by atoms with van der Waals surface area (Å²) >= 11 is 1.52. The molecule has 74 valence electrons. The number of hydrogen-bond donors (Lipinski definition) is 1. The molecule has 0 aromatic carbocycles. The third-order valence-electron chi connectivity index (χ3n) is 2.15. The molecule has 0 atom stereocenters. The number of unbranched alkanes of at least 4 members (excludes halogenated alkanes) is 1. The van der Waals surface area contributed by atoms with Crippen molar-refractivity contribution < 1.29 is 0 Å². The Labute approximate surface area is 85.8 Å². The van der Waals surface area contributed by atoms with Gasteiger partial charge in [0.2, 0.25) is 0 Å². The lowest BCUT2D eigenvalue weighted by molar-refractivity contribution is 0.754. The Hall–Kier alpha value is -1.16. The lowest BCUT2D eigenvalue weighted by atomic mass is 10.2. The van der Waals surface area contributed by atoms with Crippen molar-refractivity contribution in [2.45, 2.75) is 26.2 Å². The molecule has 2 aromatic heterocycles. The first kappa shape index (κ1) is 9.40. The topological polar surface area (TPSA) is 45.8 Å². The Kier molecular flexibility index (Phi) is 2.63. The van der Waals surface area contributed by atoms with E-state index in [-0.39, 0.29) is 5.56 Å². The maximum Gasteiger partial charge on any atom is 0.259 e. The fourth-order valence-corrected chi connectivity index (χ4v) is 2.16. The van der Waals surface area contributed by atoms with Gasteiger partial charge in [-0.3, -0.25) is 4.79 Å². The number of thiophene rings is 1. The van der Waals surface area contributed by atoms with E-state index in [2.05, 4.69) is 16.9 Å². The number of aromatic nitrogens is 2. The summed E-state index contributed by atoms with van der Waals surface area (Å²) in [6.07, 6.45) is 3.05. The molecule has 0 spiro atoms. The summed E-state index contributed by atoms with van der Waals surface area (Å²) in [4.78, 5) is 19.6. The molecule has 4 heteroatoms. The zero-order valence-electron chi connectivity index (χ0n) is 8.04. The Bertz CT molecular complexity index is 486. The van der Waals surface area contributed by atoms with E-state index in [1.54, 1.807) is 0 Å². The second-order valence-corrected chi connectivity index (χ2v) is 4.15. The van der Waals surface area contributed by atoms with Crippen LogP contribution in [0.3, 0.4) is 0 Å². The average molecular weight is 208 g/mol. The average Bonchev–Trinajstić information content (AvgIpc) is 2.63. The van der Waals surface area contributed by atoms with E-state index in [1.165, 1.54) is 11.3 Å². The first-order valence-corrected chi connectivity index (χ1v) is 5.65. The number of rotatable bonds is 3. The maximum absolute atomic E-state index is 11.5. The third-order valence-corrected chi connectivity index (χ3v) is 2.96. The van der Waals surface area contributed by atoms with Gasteiger partial charge in [0.1, 0.15) is 10.7 Å². The van der Waals surface area contributed by atoms with Crippen molar-refractivity contribution in [3.05, 3.63) is 27.6 Å². The van der Waals surface area contributed by atoms with Gasteiger partial charge in [0, 0.05) is 6.42 Å². The van der Waals surface area contributed by atoms with Gasteiger partial charge in [-0.25, -0.2) is 4.98 Å². The number of nitrogens with one attached hydrogen (secondary N) is 1. The molecule has 3 nitrogen and oxygen atoms in total. The van der Waals surface area contributed by atoms with Gasteiger partial charge in [-0.1, -0.05) is 13.3 Å². The van der Waals surface area contributed by atoms with Crippen molar-refractivity contribution in [1.29, 1.82) is 0 Å². The molecule has 14 heavy (non-hydrogen) atoms. The lowest BCUT2D eigenvalue weighted by Gasteiger charge is -1.98. The fraction of sp³-hybridized carbons (Fsp3) is 0.400. The molecule has 2 aromatic rings. The monoisotopic (exact) mass is 208 g/mol. The first-order valence-electron chi connectivity index (χ1n) is 4.77. The summed E-state index contributed by atoms with van der Waals surface area (Å²) in [5, 5.41) is 2.60. The van der Waals surface area contributed by atoms with Crippen LogP contribution in [0.2, 0.25) is 0 Å². The van der Waals surface area contributed by atoms with Crippen molar-refractivity contribution in [3.8, 4) is 0 Å². The Morgan fingerprint density at radius 2 is 2.43 bits per heavy atom. The minimum Gasteiger partial charge on any atom is -0.310 e. The maximum atomic E-state index is 11.5. The molecule has 0 saturated carbocycles. The van der Waals surface area contributed by atoms with Crippen LogP contribution in [0, 0.1) is 0 Å². The van der Waals surface area contributed by atoms with E-state index in [4.69, 9.17) is 0 Å². The first-order chi connectivity index (χ1) is 6.81. The third kappa shape index (κ3) is 1.70. The molecular weight excluding hydrogens is 196 g/mol.